The lowest BCUT2D eigenvalue weighted by Gasteiger charge is -2.23. The van der Waals surface area contributed by atoms with Crippen LogP contribution in [0.5, 0.6) is 0 Å². The first kappa shape index (κ1) is 4.62. The van der Waals surface area contributed by atoms with E-state index in [2.05, 4.69) is 17.2 Å². The molecule has 0 aromatic carbocycles. The number of rotatable bonds is 2. The Labute approximate surface area is 43.6 Å². The fourth-order valence-electron chi connectivity index (χ4n) is 0.666. The van der Waals surface area contributed by atoms with E-state index in [0.717, 1.165) is 0 Å². The molecule has 0 unspecified atom stereocenters. The molecule has 0 bridgehead atoms. The zero-order valence-electron chi connectivity index (χ0n) is 4.35. The molecule has 0 radical (unpaired) electrons. The Kier molecular flexibility index (Phi) is 1.29. The highest BCUT2D eigenvalue weighted by Crippen LogP contribution is 2.17. The Morgan fingerprint density at radius 2 is 2.29 bits per heavy atom. The molecule has 0 heterocycles. The minimum atomic E-state index is 0.650. The van der Waals surface area contributed by atoms with Gasteiger partial charge in [-0.15, -0.1) is 0 Å². The molecule has 1 rings (SSSR count). The van der Waals surface area contributed by atoms with Gasteiger partial charge in [-0.25, -0.2) is 0 Å². The van der Waals surface area contributed by atoms with E-state index in [1.807, 2.05) is 0 Å². The predicted molar refractivity (Wildman–Crippen MR) is 30.3 cm³/mol. The summed E-state index contributed by atoms with van der Waals surface area (Å²) in [6.07, 6.45) is 3.91. The molecule has 1 saturated carbocycles. The van der Waals surface area contributed by atoms with Crippen molar-refractivity contribution in [1.29, 1.82) is 0 Å². The summed E-state index contributed by atoms with van der Waals surface area (Å²) in [6.45, 7) is 3.32. The molecule has 0 saturated heterocycles. The molecule has 1 aliphatic carbocycles. The highest BCUT2D eigenvalue weighted by Gasteiger charge is 2.14. The third kappa shape index (κ3) is 0.918. The molecule has 0 amide bonds. The van der Waals surface area contributed by atoms with E-state index >= 15 is 0 Å². The average Bonchev–Trinajstić information content (AvgIpc) is 1.55. The van der Waals surface area contributed by atoms with Crippen molar-refractivity contribution in [2.24, 2.45) is 5.10 Å². The molecule has 0 aliphatic heterocycles. The van der Waals surface area contributed by atoms with Gasteiger partial charge in [0.1, 0.15) is 0 Å². The molecule has 2 nitrogen and oxygen atoms in total. The van der Waals surface area contributed by atoms with Gasteiger partial charge in [-0.05, 0) is 19.3 Å². The van der Waals surface area contributed by atoms with Gasteiger partial charge < -0.3 is 5.43 Å². The van der Waals surface area contributed by atoms with Gasteiger partial charge in [0, 0.05) is 12.8 Å². The summed E-state index contributed by atoms with van der Waals surface area (Å²) >= 11 is 0. The number of hydrogen-bond donors (Lipinski definition) is 1. The third-order valence-corrected chi connectivity index (χ3v) is 1.38. The molecular formula is C5H10N2. The van der Waals surface area contributed by atoms with E-state index in [1.54, 1.807) is 0 Å². The number of nitrogens with one attached hydrogen (secondary N) is 1. The SMILES string of the molecule is C=NNC1CCC1. The van der Waals surface area contributed by atoms with Crippen molar-refractivity contribution in [3.63, 3.8) is 0 Å². The first-order valence-electron chi connectivity index (χ1n) is 2.65. The van der Waals surface area contributed by atoms with E-state index in [4.69, 9.17) is 0 Å². The Morgan fingerprint density at radius 3 is 2.43 bits per heavy atom. The van der Waals surface area contributed by atoms with Crippen LogP contribution in [0.2, 0.25) is 0 Å². The van der Waals surface area contributed by atoms with Crippen LogP contribution in [0.15, 0.2) is 5.10 Å². The van der Waals surface area contributed by atoms with Crippen LogP contribution in [-0.4, -0.2) is 12.8 Å². The average molecular weight is 98.1 g/mol. The summed E-state index contributed by atoms with van der Waals surface area (Å²) in [5, 5.41) is 3.56. The molecule has 0 atom stereocenters. The van der Waals surface area contributed by atoms with E-state index in [0.29, 0.717) is 6.04 Å². The maximum Gasteiger partial charge on any atom is 0.0440 e. The summed E-state index contributed by atoms with van der Waals surface area (Å²) in [7, 11) is 0. The van der Waals surface area contributed by atoms with Crippen LogP contribution < -0.4 is 5.43 Å². The Bertz CT molecular complexity index is 66.5. The summed E-state index contributed by atoms with van der Waals surface area (Å²) in [6, 6.07) is 0.650. The maximum atomic E-state index is 3.56. The van der Waals surface area contributed by atoms with Gasteiger partial charge in [0.15, 0.2) is 0 Å². The molecule has 0 spiro atoms. The highest BCUT2D eigenvalue weighted by atomic mass is 15.3. The summed E-state index contributed by atoms with van der Waals surface area (Å²) in [5.74, 6) is 0. The Balaban J connectivity index is 2.03. The fraction of sp³-hybridized carbons (Fsp3) is 0.800. The van der Waals surface area contributed by atoms with Crippen molar-refractivity contribution in [1.82, 2.24) is 5.43 Å². The van der Waals surface area contributed by atoms with Crippen molar-refractivity contribution in [2.75, 3.05) is 0 Å². The molecule has 0 aromatic rings. The van der Waals surface area contributed by atoms with Gasteiger partial charge in [0.05, 0.1) is 0 Å². The van der Waals surface area contributed by atoms with E-state index in [-0.39, 0.29) is 0 Å². The summed E-state index contributed by atoms with van der Waals surface area (Å²) in [5.41, 5.74) is 2.90. The van der Waals surface area contributed by atoms with Crippen LogP contribution in [-0.2, 0) is 0 Å². The lowest BCUT2D eigenvalue weighted by molar-refractivity contribution is 0.348. The van der Waals surface area contributed by atoms with Gasteiger partial charge in [0.25, 0.3) is 0 Å². The van der Waals surface area contributed by atoms with Crippen molar-refractivity contribution in [3.8, 4) is 0 Å². The third-order valence-electron chi connectivity index (χ3n) is 1.38. The maximum absolute atomic E-state index is 3.56. The first-order valence-corrected chi connectivity index (χ1v) is 2.65. The minimum Gasteiger partial charge on any atom is -0.308 e. The summed E-state index contributed by atoms with van der Waals surface area (Å²) in [4.78, 5) is 0. The van der Waals surface area contributed by atoms with Gasteiger partial charge in [-0.1, -0.05) is 0 Å². The monoisotopic (exact) mass is 98.1 g/mol. The normalized spacial score (nSPS) is 20.6. The van der Waals surface area contributed by atoms with Gasteiger partial charge in [-0.2, -0.15) is 5.10 Å². The van der Waals surface area contributed by atoms with Crippen LogP contribution >= 0.6 is 0 Å². The first-order chi connectivity index (χ1) is 3.43. The largest absolute Gasteiger partial charge is 0.308 e. The topological polar surface area (TPSA) is 24.4 Å². The number of hydrazone groups is 1. The van der Waals surface area contributed by atoms with Crippen molar-refractivity contribution >= 4 is 6.72 Å². The van der Waals surface area contributed by atoms with Crippen molar-refractivity contribution in [2.45, 2.75) is 25.3 Å². The molecule has 7 heavy (non-hydrogen) atoms. The second-order valence-electron chi connectivity index (χ2n) is 1.92. The molecule has 2 heteroatoms. The quantitative estimate of drug-likeness (QED) is 0.400. The molecule has 1 fully saturated rings. The Morgan fingerprint density at radius 1 is 1.57 bits per heavy atom. The van der Waals surface area contributed by atoms with E-state index in [1.165, 1.54) is 19.3 Å². The van der Waals surface area contributed by atoms with Gasteiger partial charge >= 0.3 is 0 Å². The zero-order valence-corrected chi connectivity index (χ0v) is 4.35. The van der Waals surface area contributed by atoms with Gasteiger partial charge in [0.2, 0.25) is 0 Å². The molecule has 40 valence electrons. The van der Waals surface area contributed by atoms with Crippen LogP contribution in [0.25, 0.3) is 0 Å². The second kappa shape index (κ2) is 1.96. The van der Waals surface area contributed by atoms with E-state index in [9.17, 15) is 0 Å². The van der Waals surface area contributed by atoms with Crippen molar-refractivity contribution < 1.29 is 0 Å². The fourth-order valence-corrected chi connectivity index (χ4v) is 0.666. The molecular weight excluding hydrogens is 88.1 g/mol. The molecule has 1 N–H and O–H groups in total. The summed E-state index contributed by atoms with van der Waals surface area (Å²) < 4.78 is 0. The number of hydrogen-bond acceptors (Lipinski definition) is 2. The molecule has 1 aliphatic rings. The van der Waals surface area contributed by atoms with Crippen LogP contribution in [0.4, 0.5) is 0 Å². The lowest BCUT2D eigenvalue weighted by Crippen LogP contribution is -2.30. The second-order valence-corrected chi connectivity index (χ2v) is 1.92. The predicted octanol–water partition coefficient (Wildman–Crippen LogP) is 0.744. The Hall–Kier alpha value is -0.530. The zero-order chi connectivity index (χ0) is 5.11. The van der Waals surface area contributed by atoms with Gasteiger partial charge in [-0.3, -0.25) is 0 Å². The smallest absolute Gasteiger partial charge is 0.0440 e. The highest BCUT2D eigenvalue weighted by molar-refractivity contribution is 5.22. The standard InChI is InChI=1S/C5H10N2/c1-6-7-5-3-2-4-5/h5,7H,1-4H2. The van der Waals surface area contributed by atoms with E-state index < -0.39 is 0 Å². The van der Waals surface area contributed by atoms with Crippen LogP contribution in [0, 0.1) is 0 Å². The van der Waals surface area contributed by atoms with Crippen molar-refractivity contribution in [3.05, 3.63) is 0 Å². The molecule has 0 aromatic heterocycles. The van der Waals surface area contributed by atoms with Crippen LogP contribution in [0.3, 0.4) is 0 Å². The minimum absolute atomic E-state index is 0.650. The number of nitrogens with zero attached hydrogens (tertiary/aromatic N) is 1. The van der Waals surface area contributed by atoms with Crippen LogP contribution in [0.1, 0.15) is 19.3 Å². The lowest BCUT2D eigenvalue weighted by atomic mass is 9.94.